The molecule has 1 atom stereocenters. The van der Waals surface area contributed by atoms with Crippen LogP contribution in [-0.2, 0) is 18.4 Å². The molecular formula is C16H26N2S. The Morgan fingerprint density at radius 3 is 2.63 bits per heavy atom. The van der Waals surface area contributed by atoms with E-state index in [1.54, 1.807) is 4.88 Å². The summed E-state index contributed by atoms with van der Waals surface area (Å²) in [6, 6.07) is 0.529. The van der Waals surface area contributed by atoms with Crippen LogP contribution in [0.4, 0.5) is 0 Å². The molecule has 0 saturated heterocycles. The normalized spacial score (nSPS) is 22.3. The minimum absolute atomic E-state index is 0.163. The van der Waals surface area contributed by atoms with Gasteiger partial charge in [0.2, 0.25) is 0 Å². The van der Waals surface area contributed by atoms with Gasteiger partial charge in [0.25, 0.3) is 0 Å². The lowest BCUT2D eigenvalue weighted by Gasteiger charge is -2.34. The van der Waals surface area contributed by atoms with Gasteiger partial charge in [-0.3, -0.25) is 0 Å². The lowest BCUT2D eigenvalue weighted by Crippen LogP contribution is -2.47. The summed E-state index contributed by atoms with van der Waals surface area (Å²) in [7, 11) is 0. The van der Waals surface area contributed by atoms with Crippen molar-refractivity contribution in [3.63, 3.8) is 0 Å². The maximum absolute atomic E-state index is 5.06. The van der Waals surface area contributed by atoms with E-state index in [9.17, 15) is 0 Å². The van der Waals surface area contributed by atoms with Gasteiger partial charge in [-0.15, -0.1) is 11.3 Å². The number of hydrogen-bond acceptors (Lipinski definition) is 3. The zero-order valence-electron chi connectivity index (χ0n) is 12.5. The van der Waals surface area contributed by atoms with Gasteiger partial charge in [0, 0.05) is 10.9 Å². The Balaban J connectivity index is 1.96. The molecule has 0 bridgehead atoms. The minimum Gasteiger partial charge on any atom is -0.303 e. The van der Waals surface area contributed by atoms with Crippen LogP contribution in [0.1, 0.15) is 68.5 Å². The first-order valence-corrected chi connectivity index (χ1v) is 8.74. The van der Waals surface area contributed by atoms with Gasteiger partial charge in [-0.25, -0.2) is 4.98 Å². The number of thiazole rings is 1. The summed E-state index contributed by atoms with van der Waals surface area (Å²) in [6.07, 6.45) is 9.07. The zero-order valence-corrected chi connectivity index (χ0v) is 13.3. The molecule has 2 nitrogen and oxygen atoms in total. The molecule has 106 valence electrons. The van der Waals surface area contributed by atoms with Gasteiger partial charge in [-0.05, 0) is 64.7 Å². The van der Waals surface area contributed by atoms with Crippen LogP contribution in [0.5, 0.6) is 0 Å². The summed E-state index contributed by atoms with van der Waals surface area (Å²) < 4.78 is 0. The van der Waals surface area contributed by atoms with Gasteiger partial charge in [-0.2, -0.15) is 0 Å². The number of hydrogen-bond donors (Lipinski definition) is 1. The third-order valence-electron chi connectivity index (χ3n) is 4.61. The van der Waals surface area contributed by atoms with Crippen LogP contribution >= 0.6 is 11.3 Å². The standard InChI is InChI=1S/C16H26N2S/c1-4-16(12-9-10-12,18-11(2)3)15-17-13-7-5-6-8-14(13)19-15/h11-12,18H,4-10H2,1-3H3. The van der Waals surface area contributed by atoms with Crippen LogP contribution in [0.25, 0.3) is 0 Å². The molecule has 1 heterocycles. The Kier molecular flexibility index (Phi) is 3.69. The van der Waals surface area contributed by atoms with Crippen LogP contribution in [0.2, 0.25) is 0 Å². The van der Waals surface area contributed by atoms with Crippen LogP contribution in [0, 0.1) is 5.92 Å². The molecule has 2 aliphatic carbocycles. The molecular weight excluding hydrogens is 252 g/mol. The van der Waals surface area contributed by atoms with E-state index in [4.69, 9.17) is 4.98 Å². The molecule has 2 aliphatic rings. The van der Waals surface area contributed by atoms with Crippen molar-refractivity contribution in [2.24, 2.45) is 5.92 Å². The average molecular weight is 278 g/mol. The maximum atomic E-state index is 5.06. The average Bonchev–Trinajstić information content (AvgIpc) is 3.14. The van der Waals surface area contributed by atoms with E-state index in [2.05, 4.69) is 26.1 Å². The lowest BCUT2D eigenvalue weighted by molar-refractivity contribution is 0.252. The first-order chi connectivity index (χ1) is 9.15. The second-order valence-corrected chi connectivity index (χ2v) is 7.58. The van der Waals surface area contributed by atoms with E-state index in [1.807, 2.05) is 11.3 Å². The predicted molar refractivity (Wildman–Crippen MR) is 81.7 cm³/mol. The summed E-state index contributed by atoms with van der Waals surface area (Å²) in [5, 5.41) is 5.27. The predicted octanol–water partition coefficient (Wildman–Crippen LogP) is 4.04. The van der Waals surface area contributed by atoms with Crippen molar-refractivity contribution < 1.29 is 0 Å². The summed E-state index contributed by atoms with van der Waals surface area (Å²) in [5.41, 5.74) is 1.58. The molecule has 3 heteroatoms. The molecule has 0 radical (unpaired) electrons. The number of aryl methyl sites for hydroxylation is 2. The molecule has 1 fully saturated rings. The summed E-state index contributed by atoms with van der Waals surface area (Å²) in [6.45, 7) is 6.86. The van der Waals surface area contributed by atoms with Crippen molar-refractivity contribution >= 4 is 11.3 Å². The smallest absolute Gasteiger partial charge is 0.114 e. The molecule has 0 aromatic carbocycles. The Morgan fingerprint density at radius 1 is 1.32 bits per heavy atom. The molecule has 1 saturated carbocycles. The van der Waals surface area contributed by atoms with Crippen molar-refractivity contribution in [2.75, 3.05) is 0 Å². The van der Waals surface area contributed by atoms with Crippen LogP contribution in [-0.4, -0.2) is 11.0 Å². The van der Waals surface area contributed by atoms with Crippen LogP contribution in [0.3, 0.4) is 0 Å². The maximum Gasteiger partial charge on any atom is 0.114 e. The highest BCUT2D eigenvalue weighted by atomic mass is 32.1. The highest BCUT2D eigenvalue weighted by molar-refractivity contribution is 7.11. The lowest BCUT2D eigenvalue weighted by atomic mass is 9.89. The molecule has 3 rings (SSSR count). The van der Waals surface area contributed by atoms with Gasteiger partial charge in [0.15, 0.2) is 0 Å². The van der Waals surface area contributed by atoms with E-state index >= 15 is 0 Å². The Labute approximate surface area is 121 Å². The summed E-state index contributed by atoms with van der Waals surface area (Å²) in [4.78, 5) is 6.64. The minimum atomic E-state index is 0.163. The first-order valence-electron chi connectivity index (χ1n) is 7.92. The van der Waals surface area contributed by atoms with Gasteiger partial charge in [0.1, 0.15) is 5.01 Å². The number of aromatic nitrogens is 1. The van der Waals surface area contributed by atoms with E-state index in [-0.39, 0.29) is 5.54 Å². The second-order valence-electron chi connectivity index (χ2n) is 6.49. The Bertz CT molecular complexity index is 424. The van der Waals surface area contributed by atoms with Gasteiger partial charge < -0.3 is 5.32 Å². The molecule has 0 spiro atoms. The summed E-state index contributed by atoms with van der Waals surface area (Å²) >= 11 is 2.00. The van der Waals surface area contributed by atoms with E-state index in [1.165, 1.54) is 55.6 Å². The molecule has 1 N–H and O–H groups in total. The Morgan fingerprint density at radius 2 is 2.05 bits per heavy atom. The number of fused-ring (bicyclic) bond motifs is 1. The highest BCUT2D eigenvalue weighted by Gasteiger charge is 2.47. The van der Waals surface area contributed by atoms with Crippen molar-refractivity contribution in [3.05, 3.63) is 15.6 Å². The first kappa shape index (κ1) is 13.6. The third-order valence-corrected chi connectivity index (χ3v) is 5.94. The van der Waals surface area contributed by atoms with Gasteiger partial charge in [0.05, 0.1) is 11.2 Å². The van der Waals surface area contributed by atoms with E-state index in [0.717, 1.165) is 5.92 Å². The monoisotopic (exact) mass is 278 g/mol. The van der Waals surface area contributed by atoms with Crippen LogP contribution < -0.4 is 5.32 Å². The van der Waals surface area contributed by atoms with Crippen molar-refractivity contribution in [1.82, 2.24) is 10.3 Å². The zero-order chi connectivity index (χ0) is 13.5. The van der Waals surface area contributed by atoms with E-state index < -0.39 is 0 Å². The van der Waals surface area contributed by atoms with Crippen molar-refractivity contribution in [3.8, 4) is 0 Å². The molecule has 19 heavy (non-hydrogen) atoms. The van der Waals surface area contributed by atoms with Gasteiger partial charge >= 0.3 is 0 Å². The quantitative estimate of drug-likeness (QED) is 0.879. The number of nitrogens with one attached hydrogen (secondary N) is 1. The highest BCUT2D eigenvalue weighted by Crippen LogP contribution is 2.49. The fourth-order valence-corrected chi connectivity index (χ4v) is 4.98. The SMILES string of the molecule is CCC(NC(C)C)(c1nc2c(s1)CCCC2)C1CC1. The molecule has 0 aliphatic heterocycles. The molecule has 0 amide bonds. The molecule has 1 aromatic heterocycles. The molecule has 1 aromatic rings. The summed E-state index contributed by atoms with van der Waals surface area (Å²) in [5.74, 6) is 0.813. The molecule has 1 unspecified atom stereocenters. The Hall–Kier alpha value is -0.410. The second kappa shape index (κ2) is 5.17. The third kappa shape index (κ3) is 2.47. The number of nitrogens with zero attached hydrogens (tertiary/aromatic N) is 1. The number of rotatable bonds is 5. The fraction of sp³-hybridized carbons (Fsp3) is 0.812. The van der Waals surface area contributed by atoms with Crippen molar-refractivity contribution in [2.45, 2.75) is 77.3 Å². The van der Waals surface area contributed by atoms with Crippen LogP contribution in [0.15, 0.2) is 0 Å². The largest absolute Gasteiger partial charge is 0.303 e. The fourth-order valence-electron chi connectivity index (χ4n) is 3.53. The van der Waals surface area contributed by atoms with Gasteiger partial charge in [-0.1, -0.05) is 6.92 Å². The van der Waals surface area contributed by atoms with E-state index in [0.29, 0.717) is 6.04 Å². The van der Waals surface area contributed by atoms with Crippen molar-refractivity contribution in [1.29, 1.82) is 0 Å². The topological polar surface area (TPSA) is 24.9 Å².